The fourth-order valence-corrected chi connectivity index (χ4v) is 2.89. The van der Waals surface area contributed by atoms with Crippen LogP contribution in [0.15, 0.2) is 5.03 Å². The Bertz CT molecular complexity index is 407. The molecule has 5 heteroatoms. The Morgan fingerprint density at radius 1 is 1.15 bits per heavy atom. The van der Waals surface area contributed by atoms with Crippen LogP contribution in [0.4, 0.5) is 5.82 Å². The molecule has 1 heterocycles. The maximum absolute atomic E-state index is 4.72. The molecule has 0 atom stereocenters. The third-order valence-corrected chi connectivity index (χ3v) is 4.00. The van der Waals surface area contributed by atoms with Crippen LogP contribution in [0.25, 0.3) is 0 Å². The normalized spacial score (nSPS) is 11.1. The first-order valence-electron chi connectivity index (χ1n) is 7.47. The van der Waals surface area contributed by atoms with Crippen LogP contribution in [-0.4, -0.2) is 47.8 Å². The van der Waals surface area contributed by atoms with Gasteiger partial charge < -0.3 is 10.2 Å². The molecular weight excluding hydrogens is 268 g/mol. The lowest BCUT2D eigenvalue weighted by Crippen LogP contribution is -2.15. The van der Waals surface area contributed by atoms with Crippen LogP contribution < -0.4 is 5.32 Å². The standard InChI is InChI=1S/C15H28N4S/c1-6-8-13-17-14(16-9-7-2)12(3)15(18-13)20-11-10-19(4)5/h6-11H2,1-5H3,(H,16,17,18). The quantitative estimate of drug-likeness (QED) is 0.560. The highest BCUT2D eigenvalue weighted by atomic mass is 32.2. The number of nitrogens with zero attached hydrogens (tertiary/aromatic N) is 3. The number of aromatic nitrogens is 2. The summed E-state index contributed by atoms with van der Waals surface area (Å²) in [5.41, 5.74) is 1.18. The average Bonchev–Trinajstić information content (AvgIpc) is 2.40. The summed E-state index contributed by atoms with van der Waals surface area (Å²) in [6, 6.07) is 0. The van der Waals surface area contributed by atoms with Crippen LogP contribution in [-0.2, 0) is 6.42 Å². The first-order valence-corrected chi connectivity index (χ1v) is 8.45. The molecule has 0 saturated carbocycles. The Balaban J connectivity index is 2.86. The van der Waals surface area contributed by atoms with Crippen molar-refractivity contribution in [3.05, 3.63) is 11.4 Å². The van der Waals surface area contributed by atoms with E-state index < -0.39 is 0 Å². The van der Waals surface area contributed by atoms with Gasteiger partial charge in [-0.05, 0) is 33.9 Å². The second-order valence-corrected chi connectivity index (χ2v) is 6.33. The van der Waals surface area contributed by atoms with Gasteiger partial charge in [0.1, 0.15) is 16.7 Å². The lowest BCUT2D eigenvalue weighted by atomic mass is 10.3. The highest BCUT2D eigenvalue weighted by molar-refractivity contribution is 7.99. The number of rotatable bonds is 9. The Hall–Kier alpha value is -0.810. The number of hydrogen-bond acceptors (Lipinski definition) is 5. The third-order valence-electron chi connectivity index (χ3n) is 2.94. The van der Waals surface area contributed by atoms with Gasteiger partial charge in [0, 0.05) is 30.8 Å². The smallest absolute Gasteiger partial charge is 0.133 e. The average molecular weight is 296 g/mol. The summed E-state index contributed by atoms with van der Waals surface area (Å²) >= 11 is 1.83. The van der Waals surface area contributed by atoms with Crippen LogP contribution in [0.1, 0.15) is 38.1 Å². The minimum absolute atomic E-state index is 0.947. The van der Waals surface area contributed by atoms with Crippen molar-refractivity contribution >= 4 is 17.6 Å². The molecule has 114 valence electrons. The molecule has 0 fully saturated rings. The monoisotopic (exact) mass is 296 g/mol. The highest BCUT2D eigenvalue weighted by Crippen LogP contribution is 2.25. The number of thioether (sulfide) groups is 1. The van der Waals surface area contributed by atoms with Gasteiger partial charge in [0.25, 0.3) is 0 Å². The van der Waals surface area contributed by atoms with Crippen LogP contribution in [0.5, 0.6) is 0 Å². The molecule has 0 aromatic carbocycles. The van der Waals surface area contributed by atoms with Gasteiger partial charge in [0.05, 0.1) is 0 Å². The van der Waals surface area contributed by atoms with E-state index in [1.165, 1.54) is 5.56 Å². The van der Waals surface area contributed by atoms with Crippen molar-refractivity contribution in [2.45, 2.75) is 45.1 Å². The highest BCUT2D eigenvalue weighted by Gasteiger charge is 2.11. The van der Waals surface area contributed by atoms with E-state index in [0.29, 0.717) is 0 Å². The summed E-state index contributed by atoms with van der Waals surface area (Å²) in [5, 5.41) is 4.55. The number of hydrogen-bond donors (Lipinski definition) is 1. The molecule has 0 spiro atoms. The SMILES string of the molecule is CCCNc1nc(CCC)nc(SCCN(C)C)c1C. The molecule has 1 rings (SSSR count). The van der Waals surface area contributed by atoms with Crippen molar-refractivity contribution in [3.8, 4) is 0 Å². The summed E-state index contributed by atoms with van der Waals surface area (Å²) < 4.78 is 0. The first-order chi connectivity index (χ1) is 9.58. The maximum atomic E-state index is 4.72. The summed E-state index contributed by atoms with van der Waals surface area (Å²) in [6.45, 7) is 8.48. The second kappa shape index (κ2) is 9.19. The molecule has 0 saturated heterocycles. The predicted octanol–water partition coefficient (Wildman–Crippen LogP) is 3.21. The summed E-state index contributed by atoms with van der Waals surface area (Å²) in [4.78, 5) is 11.6. The second-order valence-electron chi connectivity index (χ2n) is 5.25. The molecule has 0 aliphatic rings. The van der Waals surface area contributed by atoms with E-state index in [0.717, 1.165) is 54.8 Å². The van der Waals surface area contributed by atoms with Gasteiger partial charge in [-0.1, -0.05) is 13.8 Å². The van der Waals surface area contributed by atoms with Gasteiger partial charge in [-0.15, -0.1) is 11.8 Å². The van der Waals surface area contributed by atoms with Crippen LogP contribution in [0, 0.1) is 6.92 Å². The van der Waals surface area contributed by atoms with Crippen molar-refractivity contribution in [2.75, 3.05) is 38.3 Å². The third kappa shape index (κ3) is 5.67. The van der Waals surface area contributed by atoms with Gasteiger partial charge in [0.2, 0.25) is 0 Å². The maximum Gasteiger partial charge on any atom is 0.133 e. The Morgan fingerprint density at radius 3 is 2.50 bits per heavy atom. The minimum atomic E-state index is 0.947. The van der Waals surface area contributed by atoms with Crippen molar-refractivity contribution in [3.63, 3.8) is 0 Å². The zero-order valence-corrected chi connectivity index (χ0v) is 14.3. The zero-order valence-electron chi connectivity index (χ0n) is 13.5. The molecular formula is C15H28N4S. The first kappa shape index (κ1) is 17.2. The topological polar surface area (TPSA) is 41.1 Å². The van der Waals surface area contributed by atoms with Gasteiger partial charge in [-0.25, -0.2) is 9.97 Å². The van der Waals surface area contributed by atoms with Crippen molar-refractivity contribution in [2.24, 2.45) is 0 Å². The molecule has 1 N–H and O–H groups in total. The Labute approximate surface area is 127 Å². The molecule has 0 unspecified atom stereocenters. The van der Waals surface area contributed by atoms with Gasteiger partial charge in [-0.3, -0.25) is 0 Å². The molecule has 0 aliphatic heterocycles. The van der Waals surface area contributed by atoms with Crippen molar-refractivity contribution < 1.29 is 0 Å². The van der Waals surface area contributed by atoms with E-state index in [2.05, 4.69) is 50.1 Å². The van der Waals surface area contributed by atoms with E-state index in [4.69, 9.17) is 4.98 Å². The van der Waals surface area contributed by atoms with Crippen LogP contribution in [0.3, 0.4) is 0 Å². The van der Waals surface area contributed by atoms with Crippen molar-refractivity contribution in [1.82, 2.24) is 14.9 Å². The van der Waals surface area contributed by atoms with Crippen LogP contribution >= 0.6 is 11.8 Å². The van der Waals surface area contributed by atoms with Gasteiger partial charge >= 0.3 is 0 Å². The summed E-state index contributed by atoms with van der Waals surface area (Å²) in [6.07, 6.45) is 3.13. The molecule has 1 aromatic heterocycles. The molecule has 0 radical (unpaired) electrons. The van der Waals surface area contributed by atoms with Crippen molar-refractivity contribution in [1.29, 1.82) is 0 Å². The minimum Gasteiger partial charge on any atom is -0.370 e. The molecule has 4 nitrogen and oxygen atoms in total. The molecule has 1 aromatic rings. The molecule has 0 aliphatic carbocycles. The molecule has 0 bridgehead atoms. The van der Waals surface area contributed by atoms with E-state index in [9.17, 15) is 0 Å². The fourth-order valence-electron chi connectivity index (χ4n) is 1.76. The predicted molar refractivity (Wildman–Crippen MR) is 88.8 cm³/mol. The summed E-state index contributed by atoms with van der Waals surface area (Å²) in [7, 11) is 4.20. The number of anilines is 1. The number of aryl methyl sites for hydroxylation is 1. The fraction of sp³-hybridized carbons (Fsp3) is 0.733. The summed E-state index contributed by atoms with van der Waals surface area (Å²) in [5.74, 6) is 3.03. The van der Waals surface area contributed by atoms with E-state index in [1.54, 1.807) is 0 Å². The van der Waals surface area contributed by atoms with Crippen LogP contribution in [0.2, 0.25) is 0 Å². The van der Waals surface area contributed by atoms with E-state index >= 15 is 0 Å². The van der Waals surface area contributed by atoms with Gasteiger partial charge in [0.15, 0.2) is 0 Å². The van der Waals surface area contributed by atoms with Gasteiger partial charge in [-0.2, -0.15) is 0 Å². The number of nitrogens with one attached hydrogen (secondary N) is 1. The largest absolute Gasteiger partial charge is 0.370 e. The zero-order chi connectivity index (χ0) is 15.0. The molecule has 0 amide bonds. The van der Waals surface area contributed by atoms with E-state index in [1.807, 2.05) is 11.8 Å². The molecule has 20 heavy (non-hydrogen) atoms. The lowest BCUT2D eigenvalue weighted by Gasteiger charge is -2.14. The Morgan fingerprint density at radius 2 is 1.90 bits per heavy atom. The lowest BCUT2D eigenvalue weighted by molar-refractivity contribution is 0.437. The Kier molecular flexibility index (Phi) is 7.92. The van der Waals surface area contributed by atoms with E-state index in [-0.39, 0.29) is 0 Å².